The third kappa shape index (κ3) is 7.15. The third-order valence-corrected chi connectivity index (χ3v) is 2.88. The second kappa shape index (κ2) is 9.58. The summed E-state index contributed by atoms with van der Waals surface area (Å²) in [5, 5.41) is 5.50. The summed E-state index contributed by atoms with van der Waals surface area (Å²) < 4.78 is 5.12. The largest absolute Gasteiger partial charge is 0.497 e. The molecule has 0 aliphatic carbocycles. The molecule has 0 atom stereocenters. The van der Waals surface area contributed by atoms with Gasteiger partial charge in [0.05, 0.1) is 7.11 Å². The summed E-state index contributed by atoms with van der Waals surface area (Å²) in [7, 11) is 1.61. The third-order valence-electron chi connectivity index (χ3n) is 2.88. The molecule has 0 unspecified atom stereocenters. The van der Waals surface area contributed by atoms with Crippen LogP contribution < -0.4 is 15.4 Å². The number of carbonyl (C=O) groups is 2. The zero-order valence-electron chi connectivity index (χ0n) is 12.4. The van der Waals surface area contributed by atoms with Gasteiger partial charge in [-0.05, 0) is 24.1 Å². The molecule has 1 aromatic rings. The van der Waals surface area contributed by atoms with Crippen molar-refractivity contribution in [3.05, 3.63) is 42.5 Å². The number of hydrogen-bond donors (Lipinski definition) is 2. The molecule has 1 rings (SSSR count). The van der Waals surface area contributed by atoms with Gasteiger partial charge in [-0.1, -0.05) is 18.2 Å². The van der Waals surface area contributed by atoms with Gasteiger partial charge in [-0.25, -0.2) is 0 Å². The van der Waals surface area contributed by atoms with E-state index in [0.29, 0.717) is 32.4 Å². The van der Waals surface area contributed by atoms with Crippen molar-refractivity contribution in [1.29, 1.82) is 0 Å². The van der Waals surface area contributed by atoms with Crippen LogP contribution in [-0.4, -0.2) is 25.5 Å². The van der Waals surface area contributed by atoms with Gasteiger partial charge >= 0.3 is 0 Å². The van der Waals surface area contributed by atoms with Crippen molar-refractivity contribution in [3.63, 3.8) is 0 Å². The van der Waals surface area contributed by atoms with E-state index in [2.05, 4.69) is 17.2 Å². The molecule has 5 nitrogen and oxygen atoms in total. The summed E-state index contributed by atoms with van der Waals surface area (Å²) >= 11 is 0. The van der Waals surface area contributed by atoms with Gasteiger partial charge in [0.15, 0.2) is 0 Å². The quantitative estimate of drug-likeness (QED) is 0.681. The first-order valence-electron chi connectivity index (χ1n) is 6.93. The highest BCUT2D eigenvalue weighted by Gasteiger charge is 2.05. The van der Waals surface area contributed by atoms with Crippen molar-refractivity contribution >= 4 is 11.8 Å². The van der Waals surface area contributed by atoms with Crippen molar-refractivity contribution in [3.8, 4) is 5.75 Å². The van der Waals surface area contributed by atoms with E-state index < -0.39 is 0 Å². The van der Waals surface area contributed by atoms with Gasteiger partial charge in [0.1, 0.15) is 5.75 Å². The maximum atomic E-state index is 11.7. The molecule has 0 aliphatic rings. The molecule has 0 fully saturated rings. The average molecular weight is 290 g/mol. The molecule has 0 aliphatic heterocycles. The molecule has 2 amide bonds. The first kappa shape index (κ1) is 16.8. The zero-order chi connectivity index (χ0) is 15.5. The fourth-order valence-corrected chi connectivity index (χ4v) is 1.76. The van der Waals surface area contributed by atoms with E-state index in [0.717, 1.165) is 11.3 Å². The van der Waals surface area contributed by atoms with Gasteiger partial charge in [-0.3, -0.25) is 9.59 Å². The Balaban J connectivity index is 2.21. The fraction of sp³-hybridized carbons (Fsp3) is 0.375. The van der Waals surface area contributed by atoms with Crippen LogP contribution in [0.25, 0.3) is 0 Å². The van der Waals surface area contributed by atoms with Crippen LogP contribution in [0.3, 0.4) is 0 Å². The number of hydrogen-bond acceptors (Lipinski definition) is 3. The summed E-state index contributed by atoms with van der Waals surface area (Å²) in [5.41, 5.74) is 0.978. The van der Waals surface area contributed by atoms with Crippen molar-refractivity contribution in [2.45, 2.75) is 25.8 Å². The maximum Gasteiger partial charge on any atom is 0.220 e. The van der Waals surface area contributed by atoms with Gasteiger partial charge in [0.25, 0.3) is 0 Å². The molecule has 21 heavy (non-hydrogen) atoms. The topological polar surface area (TPSA) is 67.4 Å². The Morgan fingerprint density at radius 3 is 2.62 bits per heavy atom. The molecular weight excluding hydrogens is 268 g/mol. The molecule has 0 aromatic heterocycles. The lowest BCUT2D eigenvalue weighted by Crippen LogP contribution is -2.25. The van der Waals surface area contributed by atoms with E-state index in [9.17, 15) is 9.59 Å². The van der Waals surface area contributed by atoms with Gasteiger partial charge in [-0.15, -0.1) is 6.58 Å². The van der Waals surface area contributed by atoms with Crippen LogP contribution in [0.5, 0.6) is 5.75 Å². The van der Waals surface area contributed by atoms with Gasteiger partial charge in [0, 0.05) is 25.9 Å². The van der Waals surface area contributed by atoms with Gasteiger partial charge < -0.3 is 15.4 Å². The minimum Gasteiger partial charge on any atom is -0.497 e. The van der Waals surface area contributed by atoms with Crippen LogP contribution in [0.15, 0.2) is 36.9 Å². The second-order valence-electron chi connectivity index (χ2n) is 4.57. The summed E-state index contributed by atoms with van der Waals surface area (Å²) in [6.45, 7) is 4.44. The van der Waals surface area contributed by atoms with Crippen molar-refractivity contribution in [2.24, 2.45) is 0 Å². The Morgan fingerprint density at radius 2 is 1.95 bits per heavy atom. The zero-order valence-corrected chi connectivity index (χ0v) is 12.4. The maximum absolute atomic E-state index is 11.7. The fourth-order valence-electron chi connectivity index (χ4n) is 1.76. The molecule has 0 radical (unpaired) electrons. The molecule has 5 heteroatoms. The summed E-state index contributed by atoms with van der Waals surface area (Å²) in [6.07, 6.45) is 2.84. The number of benzene rings is 1. The highest BCUT2D eigenvalue weighted by molar-refractivity contribution is 5.78. The summed E-state index contributed by atoms with van der Waals surface area (Å²) in [5.74, 6) is 0.644. The highest BCUT2D eigenvalue weighted by Crippen LogP contribution is 2.12. The van der Waals surface area contributed by atoms with E-state index in [1.165, 1.54) is 0 Å². The minimum absolute atomic E-state index is 0.0597. The van der Waals surface area contributed by atoms with Crippen molar-refractivity contribution < 1.29 is 14.3 Å². The van der Waals surface area contributed by atoms with Crippen LogP contribution in [0.2, 0.25) is 0 Å². The molecular formula is C16H22N2O3. The van der Waals surface area contributed by atoms with E-state index in [1.54, 1.807) is 13.2 Å². The van der Waals surface area contributed by atoms with Gasteiger partial charge in [0.2, 0.25) is 11.8 Å². The lowest BCUT2D eigenvalue weighted by atomic mass is 10.2. The smallest absolute Gasteiger partial charge is 0.220 e. The Labute approximate surface area is 125 Å². The van der Waals surface area contributed by atoms with Crippen molar-refractivity contribution in [2.75, 3.05) is 13.7 Å². The summed E-state index contributed by atoms with van der Waals surface area (Å²) in [6, 6.07) is 7.53. The molecule has 0 bridgehead atoms. The monoisotopic (exact) mass is 290 g/mol. The summed E-state index contributed by atoms with van der Waals surface area (Å²) in [4.78, 5) is 23.0. The molecule has 0 spiro atoms. The Bertz CT molecular complexity index is 486. The lowest BCUT2D eigenvalue weighted by Gasteiger charge is -2.07. The number of carbonyl (C=O) groups excluding carboxylic acids is 2. The highest BCUT2D eigenvalue weighted by atomic mass is 16.5. The van der Waals surface area contributed by atoms with Crippen LogP contribution in [0.4, 0.5) is 0 Å². The number of ether oxygens (including phenoxy) is 1. The molecule has 2 N–H and O–H groups in total. The van der Waals surface area contributed by atoms with Crippen LogP contribution in [0.1, 0.15) is 24.8 Å². The first-order chi connectivity index (χ1) is 10.2. The molecule has 0 heterocycles. The van der Waals surface area contributed by atoms with Gasteiger partial charge in [-0.2, -0.15) is 0 Å². The van der Waals surface area contributed by atoms with E-state index in [-0.39, 0.29) is 11.8 Å². The number of nitrogens with one attached hydrogen (secondary N) is 2. The first-order valence-corrected chi connectivity index (χ1v) is 6.93. The minimum atomic E-state index is -0.0608. The molecule has 0 saturated heterocycles. The number of rotatable bonds is 9. The molecule has 0 saturated carbocycles. The Kier molecular flexibility index (Phi) is 7.64. The van der Waals surface area contributed by atoms with E-state index >= 15 is 0 Å². The van der Waals surface area contributed by atoms with E-state index in [1.807, 2.05) is 24.3 Å². The van der Waals surface area contributed by atoms with E-state index in [4.69, 9.17) is 4.74 Å². The SMILES string of the molecule is C=CCNC(=O)CCCC(=O)NCc1cccc(OC)c1. The lowest BCUT2D eigenvalue weighted by molar-refractivity contribution is -0.122. The normalized spacial score (nSPS) is 9.76. The standard InChI is InChI=1S/C16H22N2O3/c1-3-10-17-15(19)8-5-9-16(20)18-12-13-6-4-7-14(11-13)21-2/h3-4,6-7,11H,1,5,8-10,12H2,2H3,(H,17,19)(H,18,20). The van der Waals surface area contributed by atoms with Crippen molar-refractivity contribution in [1.82, 2.24) is 10.6 Å². The predicted octanol–water partition coefficient (Wildman–Crippen LogP) is 1.78. The second-order valence-corrected chi connectivity index (χ2v) is 4.57. The predicted molar refractivity (Wildman–Crippen MR) is 81.9 cm³/mol. The Hall–Kier alpha value is -2.30. The number of methoxy groups -OCH3 is 1. The van der Waals surface area contributed by atoms with Crippen LogP contribution >= 0.6 is 0 Å². The molecule has 114 valence electrons. The Morgan fingerprint density at radius 1 is 1.24 bits per heavy atom. The average Bonchev–Trinajstić information content (AvgIpc) is 2.51. The molecule has 1 aromatic carbocycles. The van der Waals surface area contributed by atoms with Crippen LogP contribution in [-0.2, 0) is 16.1 Å². The van der Waals surface area contributed by atoms with Crippen LogP contribution in [0, 0.1) is 0 Å². The number of amides is 2.